The standard InChI is InChI=1S/C12H18O3/c13-6-12-10-4-9(5-11(10)12)15-8-2-1-3-14-7-8/h6,8-12H,1-5,7H2. The highest BCUT2D eigenvalue weighted by atomic mass is 16.5. The molecule has 3 nitrogen and oxygen atoms in total. The maximum absolute atomic E-state index is 10.6. The zero-order chi connectivity index (χ0) is 10.3. The van der Waals surface area contributed by atoms with E-state index in [-0.39, 0.29) is 0 Å². The van der Waals surface area contributed by atoms with Gasteiger partial charge in [-0.1, -0.05) is 0 Å². The van der Waals surface area contributed by atoms with Crippen molar-refractivity contribution in [3.05, 3.63) is 0 Å². The van der Waals surface area contributed by atoms with Crippen LogP contribution in [0.15, 0.2) is 0 Å². The van der Waals surface area contributed by atoms with Gasteiger partial charge in [-0.3, -0.25) is 0 Å². The monoisotopic (exact) mass is 210 g/mol. The van der Waals surface area contributed by atoms with E-state index in [2.05, 4.69) is 0 Å². The molecule has 2 aliphatic carbocycles. The molecule has 1 aliphatic heterocycles. The molecule has 0 radical (unpaired) electrons. The van der Waals surface area contributed by atoms with Crippen molar-refractivity contribution in [2.75, 3.05) is 13.2 Å². The third-order valence-electron chi connectivity index (χ3n) is 4.13. The van der Waals surface area contributed by atoms with Gasteiger partial charge in [-0.2, -0.15) is 0 Å². The minimum absolute atomic E-state index is 0.316. The Morgan fingerprint density at radius 2 is 2.00 bits per heavy atom. The second kappa shape index (κ2) is 3.87. The van der Waals surface area contributed by atoms with Crippen molar-refractivity contribution < 1.29 is 14.3 Å². The van der Waals surface area contributed by atoms with Gasteiger partial charge in [0.15, 0.2) is 0 Å². The first kappa shape index (κ1) is 9.79. The summed E-state index contributed by atoms with van der Waals surface area (Å²) in [5.41, 5.74) is 0. The molecule has 3 aliphatic rings. The van der Waals surface area contributed by atoms with Crippen LogP contribution in [-0.4, -0.2) is 31.7 Å². The van der Waals surface area contributed by atoms with Crippen LogP contribution in [0, 0.1) is 17.8 Å². The van der Waals surface area contributed by atoms with Crippen LogP contribution in [0.2, 0.25) is 0 Å². The van der Waals surface area contributed by atoms with Gasteiger partial charge in [0.25, 0.3) is 0 Å². The van der Waals surface area contributed by atoms with Crippen molar-refractivity contribution in [3.8, 4) is 0 Å². The lowest BCUT2D eigenvalue weighted by Gasteiger charge is -2.26. The average molecular weight is 210 g/mol. The van der Waals surface area contributed by atoms with Crippen molar-refractivity contribution >= 4 is 6.29 Å². The highest BCUT2D eigenvalue weighted by Gasteiger charge is 2.56. The molecule has 3 rings (SSSR count). The number of rotatable bonds is 3. The maximum Gasteiger partial charge on any atom is 0.123 e. The molecule has 3 fully saturated rings. The lowest BCUT2D eigenvalue weighted by atomic mass is 10.1. The van der Waals surface area contributed by atoms with Crippen molar-refractivity contribution in [3.63, 3.8) is 0 Å². The third kappa shape index (κ3) is 1.83. The number of hydrogen-bond acceptors (Lipinski definition) is 3. The zero-order valence-electron chi connectivity index (χ0n) is 8.93. The fraction of sp³-hybridized carbons (Fsp3) is 0.917. The van der Waals surface area contributed by atoms with E-state index in [9.17, 15) is 4.79 Å². The number of ether oxygens (including phenoxy) is 2. The quantitative estimate of drug-likeness (QED) is 0.661. The van der Waals surface area contributed by atoms with Crippen LogP contribution in [0.3, 0.4) is 0 Å². The number of aldehydes is 1. The number of fused-ring (bicyclic) bond motifs is 1. The molecule has 3 unspecified atom stereocenters. The second-order valence-corrected chi connectivity index (χ2v) is 5.11. The fourth-order valence-electron chi connectivity index (χ4n) is 3.25. The maximum atomic E-state index is 10.6. The van der Waals surface area contributed by atoms with Crippen LogP contribution in [0.5, 0.6) is 0 Å². The van der Waals surface area contributed by atoms with Gasteiger partial charge in [-0.25, -0.2) is 0 Å². The Hall–Kier alpha value is -0.410. The summed E-state index contributed by atoms with van der Waals surface area (Å²) in [7, 11) is 0. The van der Waals surface area contributed by atoms with Crippen molar-refractivity contribution in [1.29, 1.82) is 0 Å². The predicted octanol–water partition coefficient (Wildman–Crippen LogP) is 1.41. The summed E-state index contributed by atoms with van der Waals surface area (Å²) < 4.78 is 11.4. The van der Waals surface area contributed by atoms with E-state index in [1.54, 1.807) is 0 Å². The smallest absolute Gasteiger partial charge is 0.123 e. The zero-order valence-corrected chi connectivity index (χ0v) is 8.93. The summed E-state index contributed by atoms with van der Waals surface area (Å²) >= 11 is 0. The molecule has 2 saturated carbocycles. The Labute approximate surface area is 90.1 Å². The Morgan fingerprint density at radius 3 is 2.60 bits per heavy atom. The summed E-state index contributed by atoms with van der Waals surface area (Å²) in [5, 5.41) is 0. The Bertz CT molecular complexity index is 235. The molecular weight excluding hydrogens is 192 g/mol. The largest absolute Gasteiger partial charge is 0.379 e. The van der Waals surface area contributed by atoms with Crippen LogP contribution in [-0.2, 0) is 14.3 Å². The topological polar surface area (TPSA) is 35.5 Å². The molecule has 1 heterocycles. The average Bonchev–Trinajstić information content (AvgIpc) is 2.75. The van der Waals surface area contributed by atoms with Crippen molar-refractivity contribution in [1.82, 2.24) is 0 Å². The van der Waals surface area contributed by atoms with Gasteiger partial charge in [-0.05, 0) is 37.5 Å². The normalized spacial score (nSPS) is 48.7. The molecule has 0 aromatic carbocycles. The first-order valence-corrected chi connectivity index (χ1v) is 6.07. The lowest BCUT2D eigenvalue weighted by Crippen LogP contribution is -2.29. The highest BCUT2D eigenvalue weighted by Crippen LogP contribution is 2.57. The van der Waals surface area contributed by atoms with Crippen LogP contribution in [0.25, 0.3) is 0 Å². The molecule has 84 valence electrons. The van der Waals surface area contributed by atoms with Crippen molar-refractivity contribution in [2.45, 2.75) is 37.9 Å². The van der Waals surface area contributed by atoms with Crippen LogP contribution in [0.1, 0.15) is 25.7 Å². The summed E-state index contributed by atoms with van der Waals surface area (Å²) in [6.07, 6.45) is 6.33. The SMILES string of the molecule is O=CC1C2CC(OC3CCCOC3)CC12. The van der Waals surface area contributed by atoms with Gasteiger partial charge in [-0.15, -0.1) is 0 Å². The van der Waals surface area contributed by atoms with Gasteiger partial charge in [0, 0.05) is 12.5 Å². The Balaban J connectivity index is 1.45. The van der Waals surface area contributed by atoms with E-state index in [0.717, 1.165) is 45.2 Å². The second-order valence-electron chi connectivity index (χ2n) is 5.11. The van der Waals surface area contributed by atoms with E-state index in [4.69, 9.17) is 9.47 Å². The molecule has 0 N–H and O–H groups in total. The highest BCUT2D eigenvalue weighted by molar-refractivity contribution is 5.60. The van der Waals surface area contributed by atoms with Crippen LogP contribution in [0.4, 0.5) is 0 Å². The van der Waals surface area contributed by atoms with E-state index >= 15 is 0 Å². The number of carbonyl (C=O) groups is 1. The fourth-order valence-corrected chi connectivity index (χ4v) is 3.25. The van der Waals surface area contributed by atoms with Gasteiger partial charge in [0.2, 0.25) is 0 Å². The molecule has 0 aromatic heterocycles. The first-order chi connectivity index (χ1) is 7.38. The van der Waals surface area contributed by atoms with Crippen LogP contribution < -0.4 is 0 Å². The molecule has 0 bridgehead atoms. The Morgan fingerprint density at radius 1 is 1.20 bits per heavy atom. The van der Waals surface area contributed by atoms with E-state index < -0.39 is 0 Å². The van der Waals surface area contributed by atoms with E-state index in [1.165, 1.54) is 0 Å². The summed E-state index contributed by atoms with van der Waals surface area (Å²) in [4.78, 5) is 10.6. The van der Waals surface area contributed by atoms with E-state index in [0.29, 0.717) is 30.0 Å². The molecule has 3 atom stereocenters. The predicted molar refractivity (Wildman–Crippen MR) is 54.5 cm³/mol. The molecule has 0 aromatic rings. The minimum atomic E-state index is 0.316. The molecule has 1 saturated heterocycles. The van der Waals surface area contributed by atoms with Crippen molar-refractivity contribution in [2.24, 2.45) is 17.8 Å². The first-order valence-electron chi connectivity index (χ1n) is 6.07. The van der Waals surface area contributed by atoms with Gasteiger partial charge in [0.05, 0.1) is 18.8 Å². The summed E-state index contributed by atoms with van der Waals surface area (Å²) in [6, 6.07) is 0. The molecule has 15 heavy (non-hydrogen) atoms. The van der Waals surface area contributed by atoms with Gasteiger partial charge >= 0.3 is 0 Å². The number of hydrogen-bond donors (Lipinski definition) is 0. The third-order valence-corrected chi connectivity index (χ3v) is 4.13. The summed E-state index contributed by atoms with van der Waals surface area (Å²) in [5.74, 6) is 1.67. The lowest BCUT2D eigenvalue weighted by molar-refractivity contribution is -0.110. The molecule has 0 spiro atoms. The van der Waals surface area contributed by atoms with Gasteiger partial charge < -0.3 is 14.3 Å². The van der Waals surface area contributed by atoms with Crippen LogP contribution >= 0.6 is 0 Å². The minimum Gasteiger partial charge on any atom is -0.379 e. The molecule has 3 heteroatoms. The molecule has 0 amide bonds. The molecular formula is C12H18O3. The van der Waals surface area contributed by atoms with Gasteiger partial charge in [0.1, 0.15) is 6.29 Å². The Kier molecular flexibility index (Phi) is 2.53. The summed E-state index contributed by atoms with van der Waals surface area (Å²) in [6.45, 7) is 1.66. The number of carbonyl (C=O) groups excluding carboxylic acids is 1. The van der Waals surface area contributed by atoms with E-state index in [1.807, 2.05) is 0 Å².